The molecule has 14 N–H and O–H groups in total. The minimum absolute atomic E-state index is 0.0153. The van der Waals surface area contributed by atoms with Gasteiger partial charge in [-0.15, -0.1) is 0 Å². The Morgan fingerprint density at radius 2 is 1.03 bits per heavy atom. The SMILES string of the molecule is NC(N)=NCCC[C@@H]1NC(=O)[C@H](CCCCNC(=O)CN2CCN(CC(=O)O)CCN(CC(=O)O)CCN(CC(=O)O)CC2)NC(=O)[C@H](Cc2ccccc2)NC(=O)[C@H](CC(=O)O)NC(=O)CNC1=O. The molecule has 1 aromatic rings. The van der Waals surface area contributed by atoms with E-state index in [1.807, 2.05) is 0 Å². The smallest absolute Gasteiger partial charge is 0.317 e. The van der Waals surface area contributed by atoms with Gasteiger partial charge >= 0.3 is 23.9 Å². The molecule has 6 amide bonds. The molecule has 0 aliphatic carbocycles. The van der Waals surface area contributed by atoms with Gasteiger partial charge in [-0.1, -0.05) is 30.3 Å². The molecule has 2 aliphatic heterocycles. The molecular formula is C43H67N13O14. The van der Waals surface area contributed by atoms with E-state index in [1.165, 1.54) is 0 Å². The van der Waals surface area contributed by atoms with E-state index in [4.69, 9.17) is 11.5 Å². The van der Waals surface area contributed by atoms with Gasteiger partial charge in [0.25, 0.3) is 0 Å². The quantitative estimate of drug-likeness (QED) is 0.0311. The first-order valence-corrected chi connectivity index (χ1v) is 22.9. The van der Waals surface area contributed by atoms with Gasteiger partial charge in [0, 0.05) is 71.9 Å². The van der Waals surface area contributed by atoms with Crippen LogP contribution in [0, 0.1) is 0 Å². The molecule has 0 bridgehead atoms. The number of aliphatic carboxylic acids is 4. The van der Waals surface area contributed by atoms with Gasteiger partial charge < -0.3 is 63.8 Å². The van der Waals surface area contributed by atoms with Crippen LogP contribution in [0.25, 0.3) is 0 Å². The molecule has 2 saturated heterocycles. The highest BCUT2D eigenvalue weighted by molar-refractivity contribution is 5.98. The molecule has 3 rings (SSSR count). The molecule has 2 aliphatic rings. The number of hydrogen-bond donors (Lipinski definition) is 12. The molecule has 0 radical (unpaired) electrons. The lowest BCUT2D eigenvalue weighted by Gasteiger charge is -2.32. The summed E-state index contributed by atoms with van der Waals surface area (Å²) >= 11 is 0. The predicted octanol–water partition coefficient (Wildman–Crippen LogP) is -5.41. The van der Waals surface area contributed by atoms with Gasteiger partial charge in [-0.3, -0.25) is 72.5 Å². The minimum atomic E-state index is -1.65. The summed E-state index contributed by atoms with van der Waals surface area (Å²) in [6.45, 7) is 0.108. The Bertz CT molecular complexity index is 1960. The third-order valence-electron chi connectivity index (χ3n) is 11.2. The number of aliphatic imine (C=N–C) groups is 1. The van der Waals surface area contributed by atoms with E-state index >= 15 is 0 Å². The van der Waals surface area contributed by atoms with E-state index < -0.39 is 96.5 Å². The molecule has 0 saturated carbocycles. The monoisotopic (exact) mass is 989 g/mol. The zero-order chi connectivity index (χ0) is 51.6. The fourth-order valence-electron chi connectivity index (χ4n) is 7.58. The Hall–Kier alpha value is -6.97. The first-order chi connectivity index (χ1) is 33.3. The van der Waals surface area contributed by atoms with Crippen molar-refractivity contribution in [3.63, 3.8) is 0 Å². The van der Waals surface area contributed by atoms with Crippen LogP contribution in [-0.2, 0) is 54.4 Å². The van der Waals surface area contributed by atoms with Crippen LogP contribution < -0.4 is 43.4 Å². The average molecular weight is 990 g/mol. The van der Waals surface area contributed by atoms with Gasteiger partial charge in [-0.05, 0) is 37.7 Å². The molecule has 388 valence electrons. The van der Waals surface area contributed by atoms with Crippen LogP contribution in [0.15, 0.2) is 35.3 Å². The van der Waals surface area contributed by atoms with E-state index in [9.17, 15) is 68.4 Å². The van der Waals surface area contributed by atoms with Crippen molar-refractivity contribution < 1.29 is 68.4 Å². The standard InChI is InChI=1S/C43H67N13O14/c44-43(45)47-12-6-10-29-39(67)48-23-33(57)49-32(22-35(59)60)42(70)52-31(21-28-7-2-1-3-8-28)41(69)51-30(40(68)50-29)9-4-5-11-46-34(58)24-53-13-15-54(25-36(61)62)17-19-56(27-38(65)66)20-18-55(16-14-53)26-37(63)64/h1-3,7-8,29-32H,4-6,9-27H2,(H,46,58)(H,48,67)(H,49,57)(H,50,68)(H,51,69)(H,52,70)(H,59,60)(H,61,62)(H,63,64)(H,65,66)(H4,44,45,47)/t29-,30-,31-,32-/m0/s1. The fourth-order valence-corrected chi connectivity index (χ4v) is 7.58. The summed E-state index contributed by atoms with van der Waals surface area (Å²) in [5, 5.41) is 53.4. The van der Waals surface area contributed by atoms with Crippen LogP contribution >= 0.6 is 0 Å². The fraction of sp³-hybridized carbons (Fsp3) is 0.605. The van der Waals surface area contributed by atoms with Crippen molar-refractivity contribution in [3.05, 3.63) is 35.9 Å². The molecule has 0 unspecified atom stereocenters. The Morgan fingerprint density at radius 3 is 1.53 bits per heavy atom. The van der Waals surface area contributed by atoms with Gasteiger partial charge in [0.1, 0.15) is 24.2 Å². The van der Waals surface area contributed by atoms with Gasteiger partial charge in [0.05, 0.1) is 39.1 Å². The molecule has 70 heavy (non-hydrogen) atoms. The molecule has 1 aromatic carbocycles. The number of nitrogens with zero attached hydrogens (tertiary/aromatic N) is 5. The number of amides is 6. The second-order valence-corrected chi connectivity index (χ2v) is 16.9. The number of carbonyl (C=O) groups is 10. The van der Waals surface area contributed by atoms with Crippen LogP contribution in [0.3, 0.4) is 0 Å². The maximum absolute atomic E-state index is 14.1. The van der Waals surface area contributed by atoms with Crippen molar-refractivity contribution in [2.24, 2.45) is 16.5 Å². The van der Waals surface area contributed by atoms with Crippen LogP contribution in [0.2, 0.25) is 0 Å². The molecule has 0 aromatic heterocycles. The van der Waals surface area contributed by atoms with Crippen molar-refractivity contribution >= 4 is 65.3 Å². The number of hydrogen-bond acceptors (Lipinski definition) is 15. The van der Waals surface area contributed by atoms with Crippen LogP contribution in [0.5, 0.6) is 0 Å². The highest BCUT2D eigenvalue weighted by atomic mass is 16.4. The van der Waals surface area contributed by atoms with E-state index in [0.717, 1.165) is 0 Å². The molecular weight excluding hydrogens is 923 g/mol. The van der Waals surface area contributed by atoms with E-state index in [-0.39, 0.29) is 136 Å². The third kappa shape index (κ3) is 23.4. The first kappa shape index (κ1) is 57.3. The van der Waals surface area contributed by atoms with Crippen molar-refractivity contribution in [2.45, 2.75) is 69.1 Å². The molecule has 0 spiro atoms. The number of unbranched alkanes of at least 4 members (excludes halogenated alkanes) is 1. The number of rotatable bonds is 21. The summed E-state index contributed by atoms with van der Waals surface area (Å²) < 4.78 is 0. The number of carbonyl (C=O) groups excluding carboxylic acids is 6. The molecule has 27 heteroatoms. The molecule has 27 nitrogen and oxygen atoms in total. The zero-order valence-corrected chi connectivity index (χ0v) is 39.0. The molecule has 2 heterocycles. The first-order valence-electron chi connectivity index (χ1n) is 22.9. The summed E-state index contributed by atoms with van der Waals surface area (Å²) in [5.41, 5.74) is 11.5. The zero-order valence-electron chi connectivity index (χ0n) is 39.0. The summed E-state index contributed by atoms with van der Waals surface area (Å²) in [6.07, 6.45) is -0.291. The number of nitrogens with two attached hydrogens (primary N) is 2. The van der Waals surface area contributed by atoms with Crippen LogP contribution in [0.4, 0.5) is 0 Å². The summed E-state index contributed by atoms with van der Waals surface area (Å²) in [4.78, 5) is 138. The van der Waals surface area contributed by atoms with Crippen LogP contribution in [-0.4, -0.2) is 228 Å². The van der Waals surface area contributed by atoms with E-state index in [0.29, 0.717) is 5.56 Å². The number of carboxylic acids is 4. The van der Waals surface area contributed by atoms with E-state index in [1.54, 1.807) is 49.9 Å². The summed E-state index contributed by atoms with van der Waals surface area (Å²) in [7, 11) is 0. The normalized spacial score (nSPS) is 21.3. The minimum Gasteiger partial charge on any atom is -0.481 e. The van der Waals surface area contributed by atoms with Crippen molar-refractivity contribution in [1.82, 2.24) is 51.5 Å². The Labute approximate surface area is 404 Å². The maximum atomic E-state index is 14.1. The number of nitrogens with one attached hydrogen (secondary N) is 6. The van der Waals surface area contributed by atoms with Crippen molar-refractivity contribution in [2.75, 3.05) is 98.2 Å². The Balaban J connectivity index is 1.79. The second-order valence-electron chi connectivity index (χ2n) is 16.9. The highest BCUT2D eigenvalue weighted by Gasteiger charge is 2.33. The van der Waals surface area contributed by atoms with E-state index in [2.05, 4.69) is 36.9 Å². The van der Waals surface area contributed by atoms with Gasteiger partial charge in [-0.25, -0.2) is 0 Å². The predicted molar refractivity (Wildman–Crippen MR) is 249 cm³/mol. The second kappa shape index (κ2) is 30.5. The van der Waals surface area contributed by atoms with Gasteiger partial charge in [0.2, 0.25) is 35.4 Å². The van der Waals surface area contributed by atoms with Gasteiger partial charge in [0.15, 0.2) is 5.96 Å². The van der Waals surface area contributed by atoms with Crippen molar-refractivity contribution in [1.29, 1.82) is 0 Å². The van der Waals surface area contributed by atoms with Gasteiger partial charge in [-0.2, -0.15) is 0 Å². The lowest BCUT2D eigenvalue weighted by Crippen LogP contribution is -2.58. The number of guanidine groups is 1. The number of carboxylic acid groups (broad SMARTS) is 4. The summed E-state index contributed by atoms with van der Waals surface area (Å²) in [6, 6.07) is 2.91. The number of benzene rings is 1. The summed E-state index contributed by atoms with van der Waals surface area (Å²) in [5.74, 6) is -9.65. The maximum Gasteiger partial charge on any atom is 0.317 e. The largest absolute Gasteiger partial charge is 0.481 e. The van der Waals surface area contributed by atoms with Crippen molar-refractivity contribution in [3.8, 4) is 0 Å². The lowest BCUT2D eigenvalue weighted by atomic mass is 10.0. The third-order valence-corrected chi connectivity index (χ3v) is 11.2. The highest BCUT2D eigenvalue weighted by Crippen LogP contribution is 2.10. The Kier molecular flexibility index (Phi) is 25.0. The molecule has 4 atom stereocenters. The Morgan fingerprint density at radius 1 is 0.571 bits per heavy atom. The lowest BCUT2D eigenvalue weighted by molar-refractivity contribution is -0.141. The van der Waals surface area contributed by atoms with Crippen LogP contribution in [0.1, 0.15) is 44.1 Å². The topological polar surface area (TPSA) is 401 Å². The molecule has 2 fully saturated rings. The average Bonchev–Trinajstić information content (AvgIpc) is 3.28.